The van der Waals surface area contributed by atoms with Crippen LogP contribution < -0.4 is 0 Å². The molecule has 3 heteroatoms. The van der Waals surface area contributed by atoms with Crippen molar-refractivity contribution in [2.45, 2.75) is 27.2 Å². The van der Waals surface area contributed by atoms with Crippen molar-refractivity contribution >= 4 is 5.78 Å². The molecule has 0 bridgehead atoms. The molecular weight excluding hydrogens is 212 g/mol. The maximum absolute atomic E-state index is 11.8. The Labute approximate surface area is 101 Å². The molecule has 88 valence electrons. The number of carbonyl (C=O) groups excluding carboxylic acids is 1. The lowest BCUT2D eigenvalue weighted by Gasteiger charge is -2.04. The van der Waals surface area contributed by atoms with Crippen molar-refractivity contribution in [1.82, 2.24) is 9.78 Å². The average Bonchev–Trinajstić information content (AvgIpc) is 2.65. The fourth-order valence-electron chi connectivity index (χ4n) is 2.04. The number of hydrogen-bond donors (Lipinski definition) is 0. The minimum atomic E-state index is 0.155. The number of rotatable bonds is 3. The summed E-state index contributed by atoms with van der Waals surface area (Å²) in [5, 5.41) is 4.45. The zero-order valence-corrected chi connectivity index (χ0v) is 10.4. The van der Waals surface area contributed by atoms with Crippen LogP contribution in [0.3, 0.4) is 0 Å². The van der Waals surface area contributed by atoms with E-state index in [-0.39, 0.29) is 5.78 Å². The molecule has 1 aromatic heterocycles. The van der Waals surface area contributed by atoms with E-state index in [4.69, 9.17) is 0 Å². The second-order valence-electron chi connectivity index (χ2n) is 4.07. The summed E-state index contributed by atoms with van der Waals surface area (Å²) < 4.78 is 1.83. The van der Waals surface area contributed by atoms with Crippen molar-refractivity contribution in [1.29, 1.82) is 0 Å². The topological polar surface area (TPSA) is 34.9 Å². The summed E-state index contributed by atoms with van der Waals surface area (Å²) in [4.78, 5) is 11.8. The lowest BCUT2D eigenvalue weighted by atomic mass is 10.1. The molecule has 0 spiro atoms. The van der Waals surface area contributed by atoms with Crippen molar-refractivity contribution < 1.29 is 4.79 Å². The van der Waals surface area contributed by atoms with Gasteiger partial charge in [0.2, 0.25) is 0 Å². The molecule has 0 aliphatic rings. The van der Waals surface area contributed by atoms with Crippen molar-refractivity contribution in [2.24, 2.45) is 0 Å². The predicted molar refractivity (Wildman–Crippen MR) is 67.7 cm³/mol. The van der Waals surface area contributed by atoms with E-state index in [2.05, 4.69) is 5.10 Å². The zero-order chi connectivity index (χ0) is 12.4. The highest BCUT2D eigenvalue weighted by molar-refractivity contribution is 5.98. The predicted octanol–water partition coefficient (Wildman–Crippen LogP) is 3.08. The van der Waals surface area contributed by atoms with E-state index in [1.807, 2.05) is 55.8 Å². The third-order valence-corrected chi connectivity index (χ3v) is 2.89. The number of aryl methyl sites for hydroxylation is 1. The maximum Gasteiger partial charge on any atom is 0.166 e. The van der Waals surface area contributed by atoms with Crippen molar-refractivity contribution in [3.63, 3.8) is 0 Å². The number of benzene rings is 1. The van der Waals surface area contributed by atoms with Gasteiger partial charge in [0, 0.05) is 6.42 Å². The van der Waals surface area contributed by atoms with Gasteiger partial charge in [-0.3, -0.25) is 4.79 Å². The van der Waals surface area contributed by atoms with Crippen LogP contribution in [0.4, 0.5) is 0 Å². The van der Waals surface area contributed by atoms with E-state index in [9.17, 15) is 4.79 Å². The summed E-state index contributed by atoms with van der Waals surface area (Å²) in [5.74, 6) is 0.155. The largest absolute Gasteiger partial charge is 0.294 e. The Bertz CT molecular complexity index is 541. The normalized spacial score (nSPS) is 10.5. The molecule has 0 N–H and O–H groups in total. The molecule has 2 aromatic rings. The molecule has 1 aromatic carbocycles. The van der Waals surface area contributed by atoms with Gasteiger partial charge in [0.1, 0.15) is 0 Å². The third-order valence-electron chi connectivity index (χ3n) is 2.89. The molecule has 1 heterocycles. The summed E-state index contributed by atoms with van der Waals surface area (Å²) in [6.45, 7) is 5.70. The Kier molecular flexibility index (Phi) is 3.09. The lowest BCUT2D eigenvalue weighted by Crippen LogP contribution is -2.02. The quantitative estimate of drug-likeness (QED) is 0.757. The smallest absolute Gasteiger partial charge is 0.166 e. The SMILES string of the molecule is CCC(=O)c1c(C)nn(-c2ccccc2)c1C. The van der Waals surface area contributed by atoms with Crippen molar-refractivity contribution in [2.75, 3.05) is 0 Å². The molecule has 0 saturated heterocycles. The van der Waals surface area contributed by atoms with Gasteiger partial charge in [0.25, 0.3) is 0 Å². The van der Waals surface area contributed by atoms with Gasteiger partial charge in [-0.05, 0) is 26.0 Å². The highest BCUT2D eigenvalue weighted by Gasteiger charge is 2.17. The van der Waals surface area contributed by atoms with E-state index in [0.717, 1.165) is 22.6 Å². The van der Waals surface area contributed by atoms with E-state index in [1.54, 1.807) is 0 Å². The number of Topliss-reactive ketones (excluding diaryl/α,β-unsaturated/α-hetero) is 1. The molecule has 0 aliphatic carbocycles. The van der Waals surface area contributed by atoms with Crippen LogP contribution in [-0.2, 0) is 0 Å². The van der Waals surface area contributed by atoms with Gasteiger partial charge in [-0.2, -0.15) is 5.10 Å². The van der Waals surface area contributed by atoms with Gasteiger partial charge in [0.15, 0.2) is 5.78 Å². The summed E-state index contributed by atoms with van der Waals surface area (Å²) >= 11 is 0. The van der Waals surface area contributed by atoms with E-state index >= 15 is 0 Å². The van der Waals surface area contributed by atoms with Gasteiger partial charge in [0.05, 0.1) is 22.6 Å². The molecule has 0 amide bonds. The van der Waals surface area contributed by atoms with Gasteiger partial charge in [-0.25, -0.2) is 4.68 Å². The van der Waals surface area contributed by atoms with Gasteiger partial charge in [-0.15, -0.1) is 0 Å². The summed E-state index contributed by atoms with van der Waals surface area (Å²) in [6, 6.07) is 9.87. The van der Waals surface area contributed by atoms with E-state index in [1.165, 1.54) is 0 Å². The molecule has 2 rings (SSSR count). The summed E-state index contributed by atoms with van der Waals surface area (Å²) in [6.07, 6.45) is 0.516. The van der Waals surface area contributed by atoms with Crippen LogP contribution in [0.2, 0.25) is 0 Å². The number of hydrogen-bond acceptors (Lipinski definition) is 2. The van der Waals surface area contributed by atoms with Gasteiger partial charge >= 0.3 is 0 Å². The minimum Gasteiger partial charge on any atom is -0.294 e. The molecule has 0 aliphatic heterocycles. The number of aromatic nitrogens is 2. The second kappa shape index (κ2) is 4.53. The van der Waals surface area contributed by atoms with Crippen LogP contribution in [0.15, 0.2) is 30.3 Å². The molecule has 0 fully saturated rings. The Hall–Kier alpha value is -1.90. The minimum absolute atomic E-state index is 0.155. The van der Waals surface area contributed by atoms with Gasteiger partial charge < -0.3 is 0 Å². The Morgan fingerprint density at radius 1 is 1.24 bits per heavy atom. The fraction of sp³-hybridized carbons (Fsp3) is 0.286. The van der Waals surface area contributed by atoms with Crippen LogP contribution in [-0.4, -0.2) is 15.6 Å². The Morgan fingerprint density at radius 3 is 2.47 bits per heavy atom. The fourth-order valence-corrected chi connectivity index (χ4v) is 2.04. The third kappa shape index (κ3) is 2.00. The molecule has 0 atom stereocenters. The first-order valence-electron chi connectivity index (χ1n) is 5.80. The second-order valence-corrected chi connectivity index (χ2v) is 4.07. The molecule has 0 saturated carbocycles. The van der Waals surface area contributed by atoms with Crippen LogP contribution in [0.5, 0.6) is 0 Å². The highest BCUT2D eigenvalue weighted by atomic mass is 16.1. The number of carbonyl (C=O) groups is 1. The summed E-state index contributed by atoms with van der Waals surface area (Å²) in [7, 11) is 0. The first kappa shape index (κ1) is 11.6. The molecular formula is C14H16N2O. The van der Waals surface area contributed by atoms with Crippen LogP contribution in [0.25, 0.3) is 5.69 Å². The zero-order valence-electron chi connectivity index (χ0n) is 10.4. The van der Waals surface area contributed by atoms with E-state index in [0.29, 0.717) is 6.42 Å². The standard InChI is InChI=1S/C14H16N2O/c1-4-13(17)14-10(2)15-16(11(14)3)12-8-6-5-7-9-12/h5-9H,4H2,1-3H3. The first-order valence-corrected chi connectivity index (χ1v) is 5.80. The summed E-state index contributed by atoms with van der Waals surface area (Å²) in [5.41, 5.74) is 3.47. The number of nitrogens with zero attached hydrogens (tertiary/aromatic N) is 2. The van der Waals surface area contributed by atoms with Crippen LogP contribution in [0.1, 0.15) is 35.1 Å². The molecule has 17 heavy (non-hydrogen) atoms. The number of para-hydroxylation sites is 1. The molecule has 3 nitrogen and oxygen atoms in total. The van der Waals surface area contributed by atoms with E-state index < -0.39 is 0 Å². The van der Waals surface area contributed by atoms with Gasteiger partial charge in [-0.1, -0.05) is 25.1 Å². The monoisotopic (exact) mass is 228 g/mol. The Balaban J connectivity index is 2.56. The maximum atomic E-state index is 11.8. The first-order chi connectivity index (χ1) is 8.15. The molecule has 0 unspecified atom stereocenters. The lowest BCUT2D eigenvalue weighted by molar-refractivity contribution is 0.0987. The highest BCUT2D eigenvalue weighted by Crippen LogP contribution is 2.19. The van der Waals surface area contributed by atoms with Crippen molar-refractivity contribution in [3.05, 3.63) is 47.3 Å². The Morgan fingerprint density at radius 2 is 1.88 bits per heavy atom. The van der Waals surface area contributed by atoms with Crippen molar-refractivity contribution in [3.8, 4) is 5.69 Å². The number of ketones is 1. The average molecular weight is 228 g/mol. The van der Waals surface area contributed by atoms with Crippen LogP contribution in [0, 0.1) is 13.8 Å². The van der Waals surface area contributed by atoms with Crippen LogP contribution >= 0.6 is 0 Å². The molecule has 0 radical (unpaired) electrons.